The average molecular weight is 204 g/mol. The summed E-state index contributed by atoms with van der Waals surface area (Å²) in [5.74, 6) is -0.492. The molecule has 0 unspecified atom stereocenters. The third kappa shape index (κ3) is 7.95. The molecule has 0 fully saturated rings. The lowest BCUT2D eigenvalue weighted by Crippen LogP contribution is -2.28. The topological polar surface area (TPSA) is 44.8 Å². The predicted octanol–water partition coefficient (Wildman–Crippen LogP) is 0.568. The van der Waals surface area contributed by atoms with Crippen LogP contribution in [-0.4, -0.2) is 40.8 Å². The highest BCUT2D eigenvalue weighted by atomic mass is 28.2. The zero-order valence-electron chi connectivity index (χ0n) is 8.33. The highest BCUT2D eigenvalue weighted by Gasteiger charge is 2.09. The number of ether oxygens (including phenoxy) is 3. The van der Waals surface area contributed by atoms with Crippen molar-refractivity contribution >= 4 is 15.5 Å². The molecule has 4 nitrogen and oxygen atoms in total. The molecule has 0 N–H and O–H groups in total. The summed E-state index contributed by atoms with van der Waals surface area (Å²) in [5.41, 5.74) is 0. The fraction of sp³-hybridized carbons (Fsp3) is 0.875. The van der Waals surface area contributed by atoms with Crippen LogP contribution in [0, 0.1) is 0 Å². The van der Waals surface area contributed by atoms with Crippen molar-refractivity contribution in [2.75, 3.05) is 19.4 Å². The van der Waals surface area contributed by atoms with Gasteiger partial charge in [0.2, 0.25) is 0 Å². The molecule has 0 aliphatic carbocycles. The summed E-state index contributed by atoms with van der Waals surface area (Å²) in [7, 11) is 0.342. The molecular weight excluding hydrogens is 188 g/mol. The number of hydrogen-bond donors (Lipinski definition) is 0. The van der Waals surface area contributed by atoms with Gasteiger partial charge in [-0.2, -0.15) is 0 Å². The summed E-state index contributed by atoms with van der Waals surface area (Å²) in [4.78, 5) is 10.4. The fourth-order valence-electron chi connectivity index (χ4n) is 0.680. The number of hydrogen-bond acceptors (Lipinski definition) is 4. The molecule has 13 heavy (non-hydrogen) atoms. The Labute approximate surface area is 81.4 Å². The lowest BCUT2D eigenvalue weighted by molar-refractivity contribution is -0.139. The molecule has 0 aromatic carbocycles. The molecule has 0 aliphatic heterocycles. The Kier molecular flexibility index (Phi) is 7.97. The first-order chi connectivity index (χ1) is 6.20. The van der Waals surface area contributed by atoms with Gasteiger partial charge in [0.15, 0.2) is 9.52 Å². The van der Waals surface area contributed by atoms with Crippen LogP contribution >= 0.6 is 0 Å². The quantitative estimate of drug-likeness (QED) is 0.345. The third-order valence-corrected chi connectivity index (χ3v) is 2.14. The minimum atomic E-state index is -0.265. The average Bonchev–Trinajstić information content (AvgIpc) is 2.04. The van der Waals surface area contributed by atoms with E-state index in [1.807, 2.05) is 13.8 Å². The molecule has 0 bridgehead atoms. The first-order valence-corrected chi connectivity index (χ1v) is 5.59. The zero-order chi connectivity index (χ0) is 10.1. The summed E-state index contributed by atoms with van der Waals surface area (Å²) in [6.45, 7) is 6.42. The van der Waals surface area contributed by atoms with Crippen molar-refractivity contribution < 1.29 is 19.0 Å². The molecular formula is C8H16O4Si. The predicted molar refractivity (Wildman–Crippen MR) is 49.4 cm³/mol. The summed E-state index contributed by atoms with van der Waals surface area (Å²) in [6.07, 6.45) is 0.375. The molecule has 0 atom stereocenters. The highest BCUT2D eigenvalue weighted by molar-refractivity contribution is 6.36. The van der Waals surface area contributed by atoms with Gasteiger partial charge in [0.25, 0.3) is 0 Å². The lowest BCUT2D eigenvalue weighted by atomic mass is 10.8. The van der Waals surface area contributed by atoms with Crippen LogP contribution in [0.15, 0.2) is 0 Å². The molecule has 0 aromatic rings. The standard InChI is InChI=1S/C8H16O4Si/c1-4-10-8(11-5-2)13-6-12-7(3)9/h8H,4-6H2,1-3H3. The van der Waals surface area contributed by atoms with E-state index in [9.17, 15) is 4.79 Å². The monoisotopic (exact) mass is 204 g/mol. The molecule has 76 valence electrons. The van der Waals surface area contributed by atoms with Crippen LogP contribution in [0.4, 0.5) is 0 Å². The smallest absolute Gasteiger partial charge is 0.302 e. The summed E-state index contributed by atoms with van der Waals surface area (Å²) >= 11 is 0. The van der Waals surface area contributed by atoms with Crippen molar-refractivity contribution in [3.63, 3.8) is 0 Å². The van der Waals surface area contributed by atoms with E-state index in [-0.39, 0.29) is 11.9 Å². The molecule has 0 rings (SSSR count). The van der Waals surface area contributed by atoms with Crippen LogP contribution in [0.3, 0.4) is 0 Å². The maximum absolute atomic E-state index is 10.4. The van der Waals surface area contributed by atoms with Gasteiger partial charge in [-0.05, 0) is 13.8 Å². The first kappa shape index (κ1) is 12.6. The van der Waals surface area contributed by atoms with Crippen molar-refractivity contribution in [1.82, 2.24) is 0 Å². The van der Waals surface area contributed by atoms with Crippen molar-refractivity contribution in [1.29, 1.82) is 0 Å². The van der Waals surface area contributed by atoms with E-state index in [4.69, 9.17) is 14.2 Å². The van der Waals surface area contributed by atoms with Gasteiger partial charge in [0.1, 0.15) is 5.91 Å². The molecule has 5 heteroatoms. The maximum Gasteiger partial charge on any atom is 0.302 e. The first-order valence-electron chi connectivity index (χ1n) is 4.30. The highest BCUT2D eigenvalue weighted by Crippen LogP contribution is 1.93. The molecule has 0 aromatic heterocycles. The second-order valence-corrected chi connectivity index (χ2v) is 3.40. The molecule has 0 spiro atoms. The molecule has 0 aliphatic rings. The van der Waals surface area contributed by atoms with Gasteiger partial charge in [-0.1, -0.05) is 0 Å². The number of esters is 1. The van der Waals surface area contributed by atoms with E-state index in [1.165, 1.54) is 6.92 Å². The van der Waals surface area contributed by atoms with Crippen LogP contribution in [0.5, 0.6) is 0 Å². The van der Waals surface area contributed by atoms with Crippen LogP contribution in [0.25, 0.3) is 0 Å². The van der Waals surface area contributed by atoms with E-state index >= 15 is 0 Å². The fourth-order valence-corrected chi connectivity index (χ4v) is 1.67. The Bertz CT molecular complexity index is 134. The van der Waals surface area contributed by atoms with E-state index in [0.29, 0.717) is 29.0 Å². The van der Waals surface area contributed by atoms with Crippen LogP contribution in [-0.2, 0) is 19.0 Å². The van der Waals surface area contributed by atoms with E-state index in [2.05, 4.69) is 0 Å². The van der Waals surface area contributed by atoms with Gasteiger partial charge in [-0.3, -0.25) is 4.79 Å². The Morgan fingerprint density at radius 2 is 1.85 bits per heavy atom. The number of carbonyl (C=O) groups excluding carboxylic acids is 1. The van der Waals surface area contributed by atoms with Crippen molar-refractivity contribution in [3.8, 4) is 0 Å². The van der Waals surface area contributed by atoms with E-state index in [1.54, 1.807) is 0 Å². The SMILES string of the molecule is CCOC(OCC)[Si]COC(C)=O. The Balaban J connectivity index is 3.49. The van der Waals surface area contributed by atoms with Gasteiger partial charge in [-0.25, -0.2) is 0 Å². The van der Waals surface area contributed by atoms with E-state index in [0.717, 1.165) is 0 Å². The Morgan fingerprint density at radius 3 is 2.23 bits per heavy atom. The maximum atomic E-state index is 10.4. The summed E-state index contributed by atoms with van der Waals surface area (Å²) < 4.78 is 15.3. The second-order valence-electron chi connectivity index (χ2n) is 2.23. The molecule has 0 heterocycles. The van der Waals surface area contributed by atoms with Gasteiger partial charge in [0.05, 0.1) is 6.23 Å². The number of rotatable bonds is 7. The summed E-state index contributed by atoms with van der Waals surface area (Å²) in [6, 6.07) is 0. The van der Waals surface area contributed by atoms with Crippen molar-refractivity contribution in [2.24, 2.45) is 0 Å². The minimum Gasteiger partial charge on any atom is -0.470 e. The van der Waals surface area contributed by atoms with Gasteiger partial charge in [-0.15, -0.1) is 0 Å². The zero-order valence-corrected chi connectivity index (χ0v) is 9.33. The van der Waals surface area contributed by atoms with Crippen molar-refractivity contribution in [2.45, 2.75) is 26.7 Å². The van der Waals surface area contributed by atoms with Crippen molar-refractivity contribution in [3.05, 3.63) is 0 Å². The normalized spacial score (nSPS) is 10.5. The van der Waals surface area contributed by atoms with Crippen LogP contribution in [0.2, 0.25) is 0 Å². The molecule has 0 amide bonds. The molecule has 0 saturated heterocycles. The summed E-state index contributed by atoms with van der Waals surface area (Å²) in [5, 5.41) is 0. The largest absolute Gasteiger partial charge is 0.470 e. The van der Waals surface area contributed by atoms with Gasteiger partial charge in [0, 0.05) is 20.1 Å². The number of carbonyl (C=O) groups is 1. The third-order valence-electron chi connectivity index (χ3n) is 1.16. The van der Waals surface area contributed by atoms with Gasteiger partial charge < -0.3 is 14.2 Å². The lowest BCUT2D eigenvalue weighted by Gasteiger charge is -2.15. The molecule has 2 radical (unpaired) electrons. The Morgan fingerprint density at radius 1 is 1.31 bits per heavy atom. The van der Waals surface area contributed by atoms with Crippen LogP contribution in [0.1, 0.15) is 20.8 Å². The van der Waals surface area contributed by atoms with E-state index < -0.39 is 0 Å². The second kappa shape index (κ2) is 8.22. The Hall–Kier alpha value is -0.393. The minimum absolute atomic E-state index is 0.227. The molecule has 0 saturated carbocycles. The van der Waals surface area contributed by atoms with Crippen LogP contribution < -0.4 is 0 Å². The van der Waals surface area contributed by atoms with Gasteiger partial charge >= 0.3 is 5.97 Å².